The standard InChI is InChI=1S/C39H23N3O/c40-24-29-22-33-37-31(19-10-20-36(37)43-38(33)32-18-8-7-17-30(29)32)27-15-9-16-28(21-27)35-23-34(25-11-3-1-4-12-25)41-39(42-35)26-13-5-2-6-14-26/h1-23H. The smallest absolute Gasteiger partial charge is 0.160 e. The van der Waals surface area contributed by atoms with Gasteiger partial charge in [-0.1, -0.05) is 115 Å². The van der Waals surface area contributed by atoms with Crippen LogP contribution in [0.2, 0.25) is 0 Å². The number of rotatable bonds is 4. The van der Waals surface area contributed by atoms with Gasteiger partial charge >= 0.3 is 0 Å². The Morgan fingerprint density at radius 2 is 1.14 bits per heavy atom. The molecule has 0 saturated carbocycles. The van der Waals surface area contributed by atoms with E-state index in [1.165, 1.54) is 0 Å². The van der Waals surface area contributed by atoms with Gasteiger partial charge in [-0.25, -0.2) is 9.97 Å². The fraction of sp³-hybridized carbons (Fsp3) is 0. The van der Waals surface area contributed by atoms with E-state index in [1.807, 2.05) is 91.0 Å². The first kappa shape index (κ1) is 24.7. The Morgan fingerprint density at radius 1 is 0.512 bits per heavy atom. The first-order chi connectivity index (χ1) is 21.3. The van der Waals surface area contributed by atoms with Gasteiger partial charge in [-0.3, -0.25) is 0 Å². The number of benzene rings is 6. The van der Waals surface area contributed by atoms with Crippen molar-refractivity contribution in [3.8, 4) is 51.1 Å². The summed E-state index contributed by atoms with van der Waals surface area (Å²) in [5.74, 6) is 0.682. The van der Waals surface area contributed by atoms with E-state index in [0.29, 0.717) is 11.4 Å². The van der Waals surface area contributed by atoms with Crippen LogP contribution < -0.4 is 0 Å². The monoisotopic (exact) mass is 549 g/mol. The maximum Gasteiger partial charge on any atom is 0.160 e. The molecule has 0 bridgehead atoms. The summed E-state index contributed by atoms with van der Waals surface area (Å²) >= 11 is 0. The van der Waals surface area contributed by atoms with Crippen LogP contribution in [-0.4, -0.2) is 9.97 Å². The SMILES string of the molecule is N#Cc1cc2c(oc3cccc(-c4cccc(-c5cc(-c6ccccc6)nc(-c6ccccc6)n5)c4)c32)c2ccccc12. The molecule has 8 rings (SSSR count). The number of hydrogen-bond donors (Lipinski definition) is 0. The largest absolute Gasteiger partial charge is 0.455 e. The fourth-order valence-electron chi connectivity index (χ4n) is 5.90. The molecule has 8 aromatic rings. The van der Waals surface area contributed by atoms with Gasteiger partial charge in [-0.05, 0) is 35.4 Å². The lowest BCUT2D eigenvalue weighted by molar-refractivity contribution is 0.673. The van der Waals surface area contributed by atoms with E-state index in [9.17, 15) is 5.26 Å². The third kappa shape index (κ3) is 4.23. The molecule has 0 aliphatic heterocycles. The molecule has 0 radical (unpaired) electrons. The van der Waals surface area contributed by atoms with Gasteiger partial charge in [0.05, 0.1) is 23.0 Å². The lowest BCUT2D eigenvalue weighted by atomic mass is 9.95. The maximum absolute atomic E-state index is 9.97. The zero-order valence-corrected chi connectivity index (χ0v) is 23.0. The lowest BCUT2D eigenvalue weighted by Crippen LogP contribution is -1.96. The molecular weight excluding hydrogens is 526 g/mol. The summed E-state index contributed by atoms with van der Waals surface area (Å²) in [6, 6.07) is 49.2. The summed E-state index contributed by atoms with van der Waals surface area (Å²) in [5.41, 5.74) is 9.01. The van der Waals surface area contributed by atoms with E-state index in [1.54, 1.807) is 0 Å². The van der Waals surface area contributed by atoms with Crippen LogP contribution in [0.5, 0.6) is 0 Å². The molecule has 0 amide bonds. The van der Waals surface area contributed by atoms with Crippen molar-refractivity contribution < 1.29 is 4.42 Å². The quantitative estimate of drug-likeness (QED) is 0.219. The van der Waals surface area contributed by atoms with Gasteiger partial charge < -0.3 is 4.42 Å². The zero-order chi connectivity index (χ0) is 28.8. The average Bonchev–Trinajstić information content (AvgIpc) is 3.47. The lowest BCUT2D eigenvalue weighted by Gasteiger charge is -2.11. The zero-order valence-electron chi connectivity index (χ0n) is 23.0. The fourth-order valence-corrected chi connectivity index (χ4v) is 5.90. The van der Waals surface area contributed by atoms with Crippen molar-refractivity contribution in [1.29, 1.82) is 5.26 Å². The number of nitriles is 1. The van der Waals surface area contributed by atoms with Crippen molar-refractivity contribution >= 4 is 32.7 Å². The molecule has 0 fully saturated rings. The summed E-state index contributed by atoms with van der Waals surface area (Å²) in [6.07, 6.45) is 0. The number of aromatic nitrogens is 2. The summed E-state index contributed by atoms with van der Waals surface area (Å²) in [5, 5.41) is 13.7. The van der Waals surface area contributed by atoms with Crippen molar-refractivity contribution in [3.63, 3.8) is 0 Å². The second-order valence-electron chi connectivity index (χ2n) is 10.5. The summed E-state index contributed by atoms with van der Waals surface area (Å²) in [4.78, 5) is 9.97. The van der Waals surface area contributed by atoms with Crippen molar-refractivity contribution in [3.05, 3.63) is 145 Å². The summed E-state index contributed by atoms with van der Waals surface area (Å²) in [7, 11) is 0. The number of hydrogen-bond acceptors (Lipinski definition) is 4. The maximum atomic E-state index is 9.97. The van der Waals surface area contributed by atoms with E-state index < -0.39 is 0 Å². The third-order valence-electron chi connectivity index (χ3n) is 7.92. The van der Waals surface area contributed by atoms with Crippen LogP contribution in [0.3, 0.4) is 0 Å². The first-order valence-electron chi connectivity index (χ1n) is 14.1. The topological polar surface area (TPSA) is 62.7 Å². The van der Waals surface area contributed by atoms with Crippen molar-refractivity contribution in [1.82, 2.24) is 9.97 Å². The first-order valence-corrected chi connectivity index (χ1v) is 14.1. The Balaban J connectivity index is 1.33. The number of fused-ring (bicyclic) bond motifs is 5. The Bertz CT molecular complexity index is 2290. The van der Waals surface area contributed by atoms with Gasteiger partial charge in [0.25, 0.3) is 0 Å². The molecule has 6 aromatic carbocycles. The van der Waals surface area contributed by atoms with Crippen molar-refractivity contribution in [2.24, 2.45) is 0 Å². The molecule has 0 saturated heterocycles. The second kappa shape index (κ2) is 10.1. The van der Waals surface area contributed by atoms with E-state index in [-0.39, 0.29) is 0 Å². The van der Waals surface area contributed by atoms with Crippen LogP contribution in [0.25, 0.3) is 77.7 Å². The van der Waals surface area contributed by atoms with E-state index >= 15 is 0 Å². The van der Waals surface area contributed by atoms with E-state index in [0.717, 1.165) is 71.9 Å². The van der Waals surface area contributed by atoms with Crippen molar-refractivity contribution in [2.75, 3.05) is 0 Å². The van der Waals surface area contributed by atoms with Gasteiger partial charge in [0.2, 0.25) is 0 Å². The highest BCUT2D eigenvalue weighted by molar-refractivity contribution is 6.20. The predicted octanol–water partition coefficient (Wildman–Crippen LogP) is 10.1. The van der Waals surface area contributed by atoms with Crippen molar-refractivity contribution in [2.45, 2.75) is 0 Å². The molecule has 2 aromatic heterocycles. The van der Waals surface area contributed by atoms with Crippen LogP contribution in [0.4, 0.5) is 0 Å². The molecule has 2 heterocycles. The van der Waals surface area contributed by atoms with Gasteiger partial charge in [-0.15, -0.1) is 0 Å². The molecule has 0 atom stereocenters. The Kier molecular flexibility index (Phi) is 5.80. The van der Waals surface area contributed by atoms with Gasteiger partial charge in [-0.2, -0.15) is 5.26 Å². The van der Waals surface area contributed by atoms with E-state index in [4.69, 9.17) is 14.4 Å². The number of furan rings is 1. The van der Waals surface area contributed by atoms with Gasteiger partial charge in [0, 0.05) is 38.2 Å². The molecule has 0 aliphatic carbocycles. The molecular formula is C39H23N3O. The Hall–Kier alpha value is -6.05. The Labute approximate surface area is 248 Å². The van der Waals surface area contributed by atoms with Crippen LogP contribution in [0.1, 0.15) is 5.56 Å². The number of nitrogens with zero attached hydrogens (tertiary/aromatic N) is 3. The minimum atomic E-state index is 0.636. The third-order valence-corrected chi connectivity index (χ3v) is 7.92. The minimum Gasteiger partial charge on any atom is -0.455 e. The molecule has 0 spiro atoms. The molecule has 4 heteroatoms. The average molecular weight is 550 g/mol. The molecule has 200 valence electrons. The van der Waals surface area contributed by atoms with Crippen LogP contribution in [-0.2, 0) is 0 Å². The Morgan fingerprint density at radius 3 is 1.91 bits per heavy atom. The highest BCUT2D eigenvalue weighted by Crippen LogP contribution is 2.41. The molecule has 0 unspecified atom stereocenters. The van der Waals surface area contributed by atoms with Gasteiger partial charge in [0.1, 0.15) is 11.2 Å². The van der Waals surface area contributed by atoms with Crippen LogP contribution >= 0.6 is 0 Å². The minimum absolute atomic E-state index is 0.636. The van der Waals surface area contributed by atoms with E-state index in [2.05, 4.69) is 54.6 Å². The van der Waals surface area contributed by atoms with Gasteiger partial charge in [0.15, 0.2) is 5.82 Å². The molecule has 0 aliphatic rings. The van der Waals surface area contributed by atoms with Crippen LogP contribution in [0.15, 0.2) is 144 Å². The highest BCUT2D eigenvalue weighted by Gasteiger charge is 2.18. The van der Waals surface area contributed by atoms with Crippen LogP contribution in [0, 0.1) is 11.3 Å². The second-order valence-corrected chi connectivity index (χ2v) is 10.5. The molecule has 4 nitrogen and oxygen atoms in total. The normalized spacial score (nSPS) is 11.2. The summed E-state index contributed by atoms with van der Waals surface area (Å²) < 4.78 is 6.44. The summed E-state index contributed by atoms with van der Waals surface area (Å²) in [6.45, 7) is 0. The molecule has 0 N–H and O–H groups in total. The predicted molar refractivity (Wildman–Crippen MR) is 173 cm³/mol. The molecule has 43 heavy (non-hydrogen) atoms. The highest BCUT2D eigenvalue weighted by atomic mass is 16.3.